The van der Waals surface area contributed by atoms with E-state index in [1.807, 2.05) is 38.2 Å². The highest BCUT2D eigenvalue weighted by atomic mass is 16.5. The average Bonchev–Trinajstić information content (AvgIpc) is 2.90. The second kappa shape index (κ2) is 6.16. The fraction of sp³-hybridized carbons (Fsp3) is 0.385. The molecule has 0 aliphatic rings. The third-order valence-electron chi connectivity index (χ3n) is 2.44. The Bertz CT molecular complexity index is 482. The Hall–Kier alpha value is -1.88. The lowest BCUT2D eigenvalue weighted by Gasteiger charge is -2.08. The monoisotopic (exact) mass is 246 g/mol. The van der Waals surface area contributed by atoms with Gasteiger partial charge in [-0.25, -0.2) is 9.97 Å². The fourth-order valence-electron chi connectivity index (χ4n) is 1.65. The number of nitrogens with zero attached hydrogens (tertiary/aromatic N) is 2. The van der Waals surface area contributed by atoms with Crippen molar-refractivity contribution in [2.75, 3.05) is 18.5 Å². The summed E-state index contributed by atoms with van der Waals surface area (Å²) in [6.07, 6.45) is 1.88. The van der Waals surface area contributed by atoms with Gasteiger partial charge in [0.05, 0.1) is 11.4 Å². The van der Waals surface area contributed by atoms with Crippen LogP contribution in [0.15, 0.2) is 24.4 Å². The Morgan fingerprint density at radius 1 is 1.33 bits per heavy atom. The van der Waals surface area contributed by atoms with Crippen molar-refractivity contribution in [2.45, 2.75) is 20.5 Å². The smallest absolute Gasteiger partial charge is 0.157 e. The zero-order valence-corrected chi connectivity index (χ0v) is 10.7. The summed E-state index contributed by atoms with van der Waals surface area (Å²) in [6, 6.07) is 5.87. The molecule has 18 heavy (non-hydrogen) atoms. The topological polar surface area (TPSA) is 62.8 Å². The first-order chi connectivity index (χ1) is 8.83. The standard InChI is InChI=1S/C13H18N4O/c1-3-14-12-8-11(10-6-5-7-15-10)16-13(17-12)9-18-4-2/h5-8,15H,3-4,9H2,1-2H3,(H,14,16,17). The number of hydrogen-bond acceptors (Lipinski definition) is 4. The molecule has 2 rings (SSSR count). The summed E-state index contributed by atoms with van der Waals surface area (Å²) >= 11 is 0. The maximum absolute atomic E-state index is 5.36. The predicted octanol–water partition coefficient (Wildman–Crippen LogP) is 2.44. The van der Waals surface area contributed by atoms with Gasteiger partial charge in [0, 0.05) is 25.4 Å². The summed E-state index contributed by atoms with van der Waals surface area (Å²) < 4.78 is 5.36. The van der Waals surface area contributed by atoms with Crippen molar-refractivity contribution in [3.05, 3.63) is 30.2 Å². The van der Waals surface area contributed by atoms with E-state index in [0.29, 0.717) is 19.0 Å². The lowest BCUT2D eigenvalue weighted by atomic mass is 10.3. The van der Waals surface area contributed by atoms with Crippen molar-refractivity contribution in [1.82, 2.24) is 15.0 Å². The number of nitrogens with one attached hydrogen (secondary N) is 2. The average molecular weight is 246 g/mol. The second-order valence-corrected chi connectivity index (χ2v) is 3.81. The third kappa shape index (κ3) is 3.07. The SMILES string of the molecule is CCNc1cc(-c2ccc[nH]2)nc(COCC)n1. The fourth-order valence-corrected chi connectivity index (χ4v) is 1.65. The van der Waals surface area contributed by atoms with Gasteiger partial charge in [0.15, 0.2) is 5.82 Å². The molecule has 0 spiro atoms. The number of rotatable bonds is 6. The molecule has 2 heterocycles. The molecule has 96 valence electrons. The quantitative estimate of drug-likeness (QED) is 0.821. The number of anilines is 1. The zero-order chi connectivity index (χ0) is 12.8. The Labute approximate surface area is 107 Å². The van der Waals surface area contributed by atoms with Crippen LogP contribution >= 0.6 is 0 Å². The predicted molar refractivity (Wildman–Crippen MR) is 71.3 cm³/mol. The molecule has 2 aromatic rings. The van der Waals surface area contributed by atoms with E-state index in [-0.39, 0.29) is 0 Å². The Balaban J connectivity index is 2.30. The molecule has 0 aliphatic heterocycles. The molecule has 0 unspecified atom stereocenters. The highest BCUT2D eigenvalue weighted by molar-refractivity contribution is 5.58. The molecule has 0 bridgehead atoms. The normalized spacial score (nSPS) is 10.6. The van der Waals surface area contributed by atoms with Gasteiger partial charge >= 0.3 is 0 Å². The van der Waals surface area contributed by atoms with Gasteiger partial charge in [-0.1, -0.05) is 0 Å². The third-order valence-corrected chi connectivity index (χ3v) is 2.44. The molecule has 2 N–H and O–H groups in total. The molecule has 0 atom stereocenters. The van der Waals surface area contributed by atoms with Crippen LogP contribution in [0.4, 0.5) is 5.82 Å². The van der Waals surface area contributed by atoms with Crippen LogP contribution in [-0.4, -0.2) is 28.1 Å². The molecular weight excluding hydrogens is 228 g/mol. The number of H-pyrrole nitrogens is 1. The zero-order valence-electron chi connectivity index (χ0n) is 10.7. The van der Waals surface area contributed by atoms with Crippen LogP contribution in [0, 0.1) is 0 Å². The lowest BCUT2D eigenvalue weighted by molar-refractivity contribution is 0.128. The van der Waals surface area contributed by atoms with Gasteiger partial charge in [0.1, 0.15) is 12.4 Å². The van der Waals surface area contributed by atoms with Crippen molar-refractivity contribution in [2.24, 2.45) is 0 Å². The van der Waals surface area contributed by atoms with Crippen LogP contribution in [0.5, 0.6) is 0 Å². The van der Waals surface area contributed by atoms with Crippen molar-refractivity contribution < 1.29 is 4.74 Å². The van der Waals surface area contributed by atoms with Gasteiger partial charge < -0.3 is 15.0 Å². The molecule has 0 amide bonds. The first-order valence-electron chi connectivity index (χ1n) is 6.16. The van der Waals surface area contributed by atoms with Gasteiger partial charge in [-0.05, 0) is 26.0 Å². The largest absolute Gasteiger partial charge is 0.374 e. The highest BCUT2D eigenvalue weighted by Gasteiger charge is 2.06. The number of aromatic amines is 1. The molecule has 2 aromatic heterocycles. The maximum atomic E-state index is 5.36. The summed E-state index contributed by atoms with van der Waals surface area (Å²) in [5.74, 6) is 1.52. The molecule has 0 saturated carbocycles. The molecule has 0 fully saturated rings. The van der Waals surface area contributed by atoms with Crippen LogP contribution in [-0.2, 0) is 11.3 Å². The molecule has 0 aromatic carbocycles. The summed E-state index contributed by atoms with van der Waals surface area (Å²) in [7, 11) is 0. The molecular formula is C13H18N4O. The van der Waals surface area contributed by atoms with Crippen LogP contribution in [0.3, 0.4) is 0 Å². The van der Waals surface area contributed by atoms with Gasteiger partial charge in [0.2, 0.25) is 0 Å². The van der Waals surface area contributed by atoms with Gasteiger partial charge in [0.25, 0.3) is 0 Å². The molecule has 0 radical (unpaired) electrons. The van der Waals surface area contributed by atoms with Crippen molar-refractivity contribution in [1.29, 1.82) is 0 Å². The maximum Gasteiger partial charge on any atom is 0.157 e. The minimum Gasteiger partial charge on any atom is -0.374 e. The summed E-state index contributed by atoms with van der Waals surface area (Å²) in [5.41, 5.74) is 1.86. The molecule has 0 saturated heterocycles. The summed E-state index contributed by atoms with van der Waals surface area (Å²) in [4.78, 5) is 12.0. The number of aromatic nitrogens is 3. The van der Waals surface area contributed by atoms with E-state index in [4.69, 9.17) is 4.74 Å². The van der Waals surface area contributed by atoms with E-state index in [1.54, 1.807) is 0 Å². The summed E-state index contributed by atoms with van der Waals surface area (Å²) in [5, 5.41) is 3.21. The van der Waals surface area contributed by atoms with Crippen molar-refractivity contribution in [3.8, 4) is 11.4 Å². The van der Waals surface area contributed by atoms with Crippen LogP contribution < -0.4 is 5.32 Å². The Morgan fingerprint density at radius 3 is 2.89 bits per heavy atom. The van der Waals surface area contributed by atoms with E-state index in [9.17, 15) is 0 Å². The van der Waals surface area contributed by atoms with E-state index in [1.165, 1.54) is 0 Å². The van der Waals surface area contributed by atoms with Crippen LogP contribution in [0.2, 0.25) is 0 Å². The van der Waals surface area contributed by atoms with E-state index in [0.717, 1.165) is 23.8 Å². The van der Waals surface area contributed by atoms with Crippen molar-refractivity contribution >= 4 is 5.82 Å². The van der Waals surface area contributed by atoms with E-state index >= 15 is 0 Å². The van der Waals surface area contributed by atoms with Crippen LogP contribution in [0.25, 0.3) is 11.4 Å². The molecule has 0 aliphatic carbocycles. The van der Waals surface area contributed by atoms with Gasteiger partial charge in [-0.3, -0.25) is 0 Å². The minimum atomic E-state index is 0.434. The lowest BCUT2D eigenvalue weighted by Crippen LogP contribution is -2.06. The minimum absolute atomic E-state index is 0.434. The Morgan fingerprint density at radius 2 is 2.22 bits per heavy atom. The number of ether oxygens (including phenoxy) is 1. The first-order valence-corrected chi connectivity index (χ1v) is 6.16. The summed E-state index contributed by atoms with van der Waals surface area (Å²) in [6.45, 7) is 5.92. The number of hydrogen-bond donors (Lipinski definition) is 2. The molecule has 5 heteroatoms. The first kappa shape index (κ1) is 12.6. The Kier molecular flexibility index (Phi) is 4.30. The van der Waals surface area contributed by atoms with Gasteiger partial charge in [-0.15, -0.1) is 0 Å². The van der Waals surface area contributed by atoms with E-state index < -0.39 is 0 Å². The second-order valence-electron chi connectivity index (χ2n) is 3.81. The van der Waals surface area contributed by atoms with Crippen molar-refractivity contribution in [3.63, 3.8) is 0 Å². The van der Waals surface area contributed by atoms with Gasteiger partial charge in [-0.2, -0.15) is 0 Å². The highest BCUT2D eigenvalue weighted by Crippen LogP contribution is 2.18. The van der Waals surface area contributed by atoms with E-state index in [2.05, 4.69) is 20.3 Å². The van der Waals surface area contributed by atoms with Crippen LogP contribution in [0.1, 0.15) is 19.7 Å². The molecule has 5 nitrogen and oxygen atoms in total.